The number of aryl methyl sites for hydroxylation is 1. The van der Waals surface area contributed by atoms with Gasteiger partial charge in [0.1, 0.15) is 5.75 Å². The molecule has 0 aliphatic carbocycles. The normalized spacial score (nSPS) is 12.9. The molecule has 0 fully saturated rings. The van der Waals surface area contributed by atoms with Crippen molar-refractivity contribution in [3.63, 3.8) is 0 Å². The zero-order valence-electron chi connectivity index (χ0n) is 12.2. The minimum absolute atomic E-state index is 0.224. The molecule has 5 nitrogen and oxygen atoms in total. The minimum Gasteiger partial charge on any atom is -0.496 e. The van der Waals surface area contributed by atoms with Crippen molar-refractivity contribution >= 4 is 10.0 Å². The van der Waals surface area contributed by atoms with Gasteiger partial charge in [-0.05, 0) is 55.3 Å². The van der Waals surface area contributed by atoms with Crippen LogP contribution in [0.4, 0.5) is 0 Å². The number of nitrogens with zero attached hydrogens (tertiary/aromatic N) is 1. The largest absolute Gasteiger partial charge is 0.496 e. The molecule has 0 aliphatic rings. The van der Waals surface area contributed by atoms with E-state index in [0.29, 0.717) is 5.75 Å². The molecule has 1 N–H and O–H groups in total. The van der Waals surface area contributed by atoms with Crippen LogP contribution in [-0.2, 0) is 10.0 Å². The number of nitrogens with one attached hydrogen (secondary N) is 1. The van der Waals surface area contributed by atoms with Gasteiger partial charge in [-0.15, -0.1) is 0 Å². The summed E-state index contributed by atoms with van der Waals surface area (Å²) in [5.74, 6) is 0.663. The van der Waals surface area contributed by atoms with Gasteiger partial charge >= 0.3 is 0 Å². The Labute approximate surface area is 125 Å². The van der Waals surface area contributed by atoms with E-state index in [2.05, 4.69) is 9.71 Å². The Morgan fingerprint density at radius 3 is 2.43 bits per heavy atom. The first-order valence-corrected chi connectivity index (χ1v) is 7.99. The molecule has 1 atom stereocenters. The molecule has 1 aromatic heterocycles. The quantitative estimate of drug-likeness (QED) is 0.921. The molecule has 0 radical (unpaired) electrons. The predicted octanol–water partition coefficient (Wildman–Crippen LogP) is 2.44. The second kappa shape index (κ2) is 6.24. The van der Waals surface area contributed by atoms with Crippen LogP contribution in [0.2, 0.25) is 0 Å². The molecular formula is C15H18N2O3S. The zero-order valence-corrected chi connectivity index (χ0v) is 13.0. The maximum Gasteiger partial charge on any atom is 0.241 e. The summed E-state index contributed by atoms with van der Waals surface area (Å²) in [5, 5.41) is 0. The Morgan fingerprint density at radius 2 is 1.86 bits per heavy atom. The van der Waals surface area contributed by atoms with E-state index in [1.807, 2.05) is 6.92 Å². The Morgan fingerprint density at radius 1 is 1.19 bits per heavy atom. The van der Waals surface area contributed by atoms with Crippen LogP contribution >= 0.6 is 0 Å². The number of methoxy groups -OCH3 is 1. The number of hydrogen-bond donors (Lipinski definition) is 1. The van der Waals surface area contributed by atoms with Gasteiger partial charge in [0.25, 0.3) is 0 Å². The predicted molar refractivity (Wildman–Crippen MR) is 80.7 cm³/mol. The van der Waals surface area contributed by atoms with Crippen molar-refractivity contribution in [1.82, 2.24) is 9.71 Å². The average Bonchev–Trinajstić information content (AvgIpc) is 2.47. The molecule has 0 saturated heterocycles. The van der Waals surface area contributed by atoms with Crippen molar-refractivity contribution in [1.29, 1.82) is 0 Å². The highest BCUT2D eigenvalue weighted by atomic mass is 32.2. The standard InChI is InChI=1S/C15H18N2O3S/c1-11-10-14(4-5-15(11)20-3)21(18,19)17-12(2)13-6-8-16-9-7-13/h4-10,12,17H,1-3H3. The van der Waals surface area contributed by atoms with Crippen molar-refractivity contribution in [2.45, 2.75) is 24.8 Å². The van der Waals surface area contributed by atoms with E-state index < -0.39 is 10.0 Å². The second-order valence-electron chi connectivity index (χ2n) is 4.75. The monoisotopic (exact) mass is 306 g/mol. The first-order chi connectivity index (χ1) is 9.94. The van der Waals surface area contributed by atoms with Crippen LogP contribution in [0, 0.1) is 6.92 Å². The fourth-order valence-electron chi connectivity index (χ4n) is 2.04. The Bertz CT molecular complexity index is 715. The summed E-state index contributed by atoms with van der Waals surface area (Å²) >= 11 is 0. The van der Waals surface area contributed by atoms with Gasteiger partial charge in [0.05, 0.1) is 12.0 Å². The van der Waals surface area contributed by atoms with Crippen molar-refractivity contribution in [3.05, 3.63) is 53.9 Å². The van der Waals surface area contributed by atoms with Gasteiger partial charge in [-0.3, -0.25) is 4.98 Å². The lowest BCUT2D eigenvalue weighted by atomic mass is 10.1. The van der Waals surface area contributed by atoms with Crippen LogP contribution in [0.3, 0.4) is 0 Å². The summed E-state index contributed by atoms with van der Waals surface area (Å²) in [7, 11) is -2.03. The number of sulfonamides is 1. The Balaban J connectivity index is 2.24. The van der Waals surface area contributed by atoms with E-state index in [9.17, 15) is 8.42 Å². The van der Waals surface area contributed by atoms with E-state index in [1.165, 1.54) is 6.07 Å². The van der Waals surface area contributed by atoms with Crippen molar-refractivity contribution in [3.8, 4) is 5.75 Å². The minimum atomic E-state index is -3.58. The van der Waals surface area contributed by atoms with Crippen LogP contribution in [0.1, 0.15) is 24.1 Å². The third kappa shape index (κ3) is 3.59. The molecule has 1 unspecified atom stereocenters. The molecule has 1 aromatic carbocycles. The lowest BCUT2D eigenvalue weighted by Gasteiger charge is -2.15. The Kier molecular flexibility index (Phi) is 4.59. The van der Waals surface area contributed by atoms with E-state index in [1.54, 1.807) is 50.7 Å². The number of pyridine rings is 1. The highest BCUT2D eigenvalue weighted by Gasteiger charge is 2.19. The smallest absolute Gasteiger partial charge is 0.241 e. The van der Waals surface area contributed by atoms with Gasteiger partial charge in [0, 0.05) is 18.4 Å². The molecular weight excluding hydrogens is 288 g/mol. The number of benzene rings is 1. The van der Waals surface area contributed by atoms with E-state index in [4.69, 9.17) is 4.74 Å². The highest BCUT2D eigenvalue weighted by Crippen LogP contribution is 2.22. The lowest BCUT2D eigenvalue weighted by Crippen LogP contribution is -2.27. The van der Waals surface area contributed by atoms with Gasteiger partial charge in [-0.2, -0.15) is 0 Å². The molecule has 0 bridgehead atoms. The molecule has 0 aliphatic heterocycles. The molecule has 0 saturated carbocycles. The molecule has 21 heavy (non-hydrogen) atoms. The first kappa shape index (κ1) is 15.5. The van der Waals surface area contributed by atoms with Crippen LogP contribution in [0.25, 0.3) is 0 Å². The fraction of sp³-hybridized carbons (Fsp3) is 0.267. The number of rotatable bonds is 5. The van der Waals surface area contributed by atoms with E-state index in [0.717, 1.165) is 11.1 Å². The van der Waals surface area contributed by atoms with E-state index in [-0.39, 0.29) is 10.9 Å². The lowest BCUT2D eigenvalue weighted by molar-refractivity contribution is 0.411. The number of aromatic nitrogens is 1. The van der Waals surface area contributed by atoms with Crippen LogP contribution < -0.4 is 9.46 Å². The molecule has 112 valence electrons. The van der Waals surface area contributed by atoms with E-state index >= 15 is 0 Å². The average molecular weight is 306 g/mol. The summed E-state index contributed by atoms with van der Waals surface area (Å²) in [6.45, 7) is 3.60. The topological polar surface area (TPSA) is 68.3 Å². The summed E-state index contributed by atoms with van der Waals surface area (Å²) in [4.78, 5) is 4.15. The third-order valence-corrected chi connectivity index (χ3v) is 4.75. The Hall–Kier alpha value is -1.92. The molecule has 0 amide bonds. The molecule has 0 spiro atoms. The van der Waals surface area contributed by atoms with Crippen LogP contribution in [-0.4, -0.2) is 20.5 Å². The van der Waals surface area contributed by atoms with Crippen LogP contribution in [0.15, 0.2) is 47.6 Å². The second-order valence-corrected chi connectivity index (χ2v) is 6.47. The third-order valence-electron chi connectivity index (χ3n) is 3.21. The van der Waals surface area contributed by atoms with Crippen LogP contribution in [0.5, 0.6) is 5.75 Å². The first-order valence-electron chi connectivity index (χ1n) is 6.51. The van der Waals surface area contributed by atoms with Crippen molar-refractivity contribution < 1.29 is 13.2 Å². The van der Waals surface area contributed by atoms with Crippen molar-refractivity contribution in [2.75, 3.05) is 7.11 Å². The summed E-state index contributed by atoms with van der Waals surface area (Å²) < 4.78 is 32.6. The number of hydrogen-bond acceptors (Lipinski definition) is 4. The summed E-state index contributed by atoms with van der Waals surface area (Å²) in [5.41, 5.74) is 1.63. The number of ether oxygens (including phenoxy) is 1. The molecule has 1 heterocycles. The van der Waals surface area contributed by atoms with Gasteiger partial charge in [0.15, 0.2) is 0 Å². The van der Waals surface area contributed by atoms with Gasteiger partial charge in [0.2, 0.25) is 10.0 Å². The summed E-state index contributed by atoms with van der Waals surface area (Å²) in [6, 6.07) is 8.02. The fourth-order valence-corrected chi connectivity index (χ4v) is 3.36. The SMILES string of the molecule is COc1ccc(S(=O)(=O)NC(C)c2ccncc2)cc1C. The van der Waals surface area contributed by atoms with Crippen molar-refractivity contribution in [2.24, 2.45) is 0 Å². The van der Waals surface area contributed by atoms with Gasteiger partial charge in [-0.25, -0.2) is 13.1 Å². The summed E-state index contributed by atoms with van der Waals surface area (Å²) in [6.07, 6.45) is 3.27. The molecule has 2 rings (SSSR count). The molecule has 6 heteroatoms. The highest BCUT2D eigenvalue weighted by molar-refractivity contribution is 7.89. The van der Waals surface area contributed by atoms with Gasteiger partial charge in [-0.1, -0.05) is 0 Å². The van der Waals surface area contributed by atoms with Gasteiger partial charge < -0.3 is 4.74 Å². The molecule has 2 aromatic rings. The maximum absolute atomic E-state index is 12.4. The maximum atomic E-state index is 12.4. The zero-order chi connectivity index (χ0) is 15.5.